The molecule has 2 rings (SSSR count). The first-order valence-corrected chi connectivity index (χ1v) is 6.85. The number of rotatable bonds is 5. The van der Waals surface area contributed by atoms with E-state index in [1.165, 1.54) is 24.1 Å². The Bertz CT molecular complexity index is 327. The molecule has 1 N–H and O–H groups in total. The maximum Gasteiger partial charge on any atom is 0.186 e. The molecule has 4 heteroatoms. The van der Waals surface area contributed by atoms with E-state index in [2.05, 4.69) is 23.7 Å². The fourth-order valence-electron chi connectivity index (χ4n) is 1.95. The normalized spacial score (nSPS) is 16.2. The van der Waals surface area contributed by atoms with Crippen LogP contribution in [0.4, 0.5) is 5.13 Å². The van der Waals surface area contributed by atoms with Gasteiger partial charge in [0.25, 0.3) is 0 Å². The summed E-state index contributed by atoms with van der Waals surface area (Å²) in [6.45, 7) is 5.40. The molecule has 0 atom stereocenters. The molecule has 1 aliphatic rings. The summed E-state index contributed by atoms with van der Waals surface area (Å²) in [5.74, 6) is 0. The first kappa shape index (κ1) is 11.9. The predicted octanol–water partition coefficient (Wildman–Crippen LogP) is 2.50. The second kappa shape index (κ2) is 5.15. The van der Waals surface area contributed by atoms with Crippen molar-refractivity contribution in [3.8, 4) is 0 Å². The number of anilines is 1. The zero-order valence-electron chi connectivity index (χ0n) is 10.1. The maximum absolute atomic E-state index is 8.95. The zero-order chi connectivity index (χ0) is 11.5. The Morgan fingerprint density at radius 3 is 2.62 bits per heavy atom. The van der Waals surface area contributed by atoms with E-state index in [9.17, 15) is 0 Å². The summed E-state index contributed by atoms with van der Waals surface area (Å²) in [5.41, 5.74) is 1.15. The average Bonchev–Trinajstić information content (AvgIpc) is 2.50. The quantitative estimate of drug-likeness (QED) is 0.859. The minimum Gasteiger partial charge on any atom is -0.396 e. The summed E-state index contributed by atoms with van der Waals surface area (Å²) in [5, 5.41) is 10.1. The van der Waals surface area contributed by atoms with Crippen LogP contribution in [0.25, 0.3) is 0 Å². The van der Waals surface area contributed by atoms with E-state index in [-0.39, 0.29) is 6.61 Å². The van der Waals surface area contributed by atoms with E-state index >= 15 is 0 Å². The lowest BCUT2D eigenvalue weighted by molar-refractivity contribution is 0.283. The predicted molar refractivity (Wildman–Crippen MR) is 68.3 cm³/mol. The Kier molecular flexibility index (Phi) is 3.82. The number of hydrogen-bond acceptors (Lipinski definition) is 4. The van der Waals surface area contributed by atoms with Crippen molar-refractivity contribution in [3.63, 3.8) is 0 Å². The Labute approximate surface area is 101 Å². The third kappa shape index (κ3) is 2.38. The van der Waals surface area contributed by atoms with E-state index < -0.39 is 0 Å². The minimum atomic E-state index is 0.270. The van der Waals surface area contributed by atoms with Crippen LogP contribution in [-0.2, 0) is 0 Å². The second-order valence-electron chi connectivity index (χ2n) is 4.49. The molecule has 0 amide bonds. The first-order valence-electron chi connectivity index (χ1n) is 6.04. The zero-order valence-corrected chi connectivity index (χ0v) is 10.9. The Balaban J connectivity index is 2.10. The summed E-state index contributed by atoms with van der Waals surface area (Å²) in [6, 6.07) is 0.663. The molecule has 0 bridgehead atoms. The van der Waals surface area contributed by atoms with Crippen LogP contribution in [0.1, 0.15) is 36.3 Å². The number of aliphatic hydroxyl groups excluding tert-OH is 1. The number of aliphatic hydroxyl groups is 1. The van der Waals surface area contributed by atoms with Crippen LogP contribution < -0.4 is 4.90 Å². The minimum absolute atomic E-state index is 0.270. The summed E-state index contributed by atoms with van der Waals surface area (Å²) in [6.07, 6.45) is 4.74. The van der Waals surface area contributed by atoms with Crippen LogP contribution in [-0.4, -0.2) is 29.3 Å². The lowest BCUT2D eigenvalue weighted by atomic mass is 9.92. The topological polar surface area (TPSA) is 36.4 Å². The van der Waals surface area contributed by atoms with Crippen molar-refractivity contribution in [2.45, 2.75) is 45.6 Å². The maximum atomic E-state index is 8.95. The highest BCUT2D eigenvalue weighted by Crippen LogP contribution is 2.33. The van der Waals surface area contributed by atoms with Crippen molar-refractivity contribution < 1.29 is 5.11 Å². The standard InChI is InChI=1S/C12H20N2OS/c1-9-10(2)16-12(13-9)14(7-4-8-15)11-5-3-6-11/h11,15H,3-8H2,1-2H3. The smallest absolute Gasteiger partial charge is 0.186 e. The van der Waals surface area contributed by atoms with Gasteiger partial charge in [-0.2, -0.15) is 0 Å². The van der Waals surface area contributed by atoms with E-state index in [4.69, 9.17) is 5.11 Å². The van der Waals surface area contributed by atoms with Gasteiger partial charge >= 0.3 is 0 Å². The number of aromatic nitrogens is 1. The highest BCUT2D eigenvalue weighted by molar-refractivity contribution is 7.15. The van der Waals surface area contributed by atoms with E-state index in [0.29, 0.717) is 6.04 Å². The van der Waals surface area contributed by atoms with Gasteiger partial charge in [-0.05, 0) is 39.5 Å². The lowest BCUT2D eigenvalue weighted by Gasteiger charge is -2.37. The molecule has 16 heavy (non-hydrogen) atoms. The van der Waals surface area contributed by atoms with Gasteiger partial charge in [0.15, 0.2) is 5.13 Å². The third-order valence-electron chi connectivity index (χ3n) is 3.34. The van der Waals surface area contributed by atoms with Crippen LogP contribution in [0.2, 0.25) is 0 Å². The van der Waals surface area contributed by atoms with Crippen molar-refractivity contribution in [1.82, 2.24) is 4.98 Å². The summed E-state index contributed by atoms with van der Waals surface area (Å²) in [4.78, 5) is 8.33. The first-order chi connectivity index (χ1) is 7.72. The fraction of sp³-hybridized carbons (Fsp3) is 0.750. The van der Waals surface area contributed by atoms with Crippen molar-refractivity contribution in [1.29, 1.82) is 0 Å². The van der Waals surface area contributed by atoms with Crippen molar-refractivity contribution in [2.24, 2.45) is 0 Å². The Morgan fingerprint density at radius 2 is 2.19 bits per heavy atom. The van der Waals surface area contributed by atoms with Gasteiger partial charge in [-0.1, -0.05) is 0 Å². The van der Waals surface area contributed by atoms with Crippen molar-refractivity contribution in [2.75, 3.05) is 18.1 Å². The summed E-state index contributed by atoms with van der Waals surface area (Å²) >= 11 is 1.78. The molecule has 0 spiro atoms. The largest absolute Gasteiger partial charge is 0.396 e. The Hall–Kier alpha value is -0.610. The SMILES string of the molecule is Cc1nc(N(CCCO)C2CCC2)sc1C. The summed E-state index contributed by atoms with van der Waals surface area (Å²) < 4.78 is 0. The van der Waals surface area contributed by atoms with Gasteiger partial charge < -0.3 is 10.0 Å². The molecular weight excluding hydrogens is 220 g/mol. The van der Waals surface area contributed by atoms with E-state index in [0.717, 1.165) is 23.8 Å². The van der Waals surface area contributed by atoms with Gasteiger partial charge in [-0.25, -0.2) is 4.98 Å². The number of nitrogens with zero attached hydrogens (tertiary/aromatic N) is 2. The molecule has 0 saturated heterocycles. The molecule has 0 aromatic carbocycles. The van der Waals surface area contributed by atoms with Crippen LogP contribution in [0, 0.1) is 13.8 Å². The van der Waals surface area contributed by atoms with E-state index in [1.807, 2.05) is 0 Å². The Morgan fingerprint density at radius 1 is 1.44 bits per heavy atom. The lowest BCUT2D eigenvalue weighted by Crippen LogP contribution is -2.41. The number of thiazole rings is 1. The molecule has 0 unspecified atom stereocenters. The van der Waals surface area contributed by atoms with Gasteiger partial charge in [0, 0.05) is 24.1 Å². The van der Waals surface area contributed by atoms with Gasteiger partial charge in [0.2, 0.25) is 0 Å². The molecule has 1 heterocycles. The van der Waals surface area contributed by atoms with Crippen molar-refractivity contribution >= 4 is 16.5 Å². The highest BCUT2D eigenvalue weighted by atomic mass is 32.1. The molecule has 90 valence electrons. The fourth-order valence-corrected chi connectivity index (χ4v) is 2.96. The molecule has 3 nitrogen and oxygen atoms in total. The molecule has 0 aliphatic heterocycles. The number of aryl methyl sites for hydroxylation is 2. The number of hydrogen-bond donors (Lipinski definition) is 1. The molecule has 1 aromatic rings. The van der Waals surface area contributed by atoms with Crippen LogP contribution in [0.5, 0.6) is 0 Å². The van der Waals surface area contributed by atoms with E-state index in [1.54, 1.807) is 11.3 Å². The molecule has 1 fully saturated rings. The molecular formula is C12H20N2OS. The van der Waals surface area contributed by atoms with Gasteiger partial charge in [0.05, 0.1) is 5.69 Å². The third-order valence-corrected chi connectivity index (χ3v) is 4.45. The molecule has 1 aromatic heterocycles. The van der Waals surface area contributed by atoms with Crippen LogP contribution in [0.3, 0.4) is 0 Å². The van der Waals surface area contributed by atoms with Gasteiger partial charge in [-0.3, -0.25) is 0 Å². The molecule has 1 aliphatic carbocycles. The summed E-state index contributed by atoms with van der Waals surface area (Å²) in [7, 11) is 0. The second-order valence-corrected chi connectivity index (χ2v) is 5.67. The highest BCUT2D eigenvalue weighted by Gasteiger charge is 2.26. The average molecular weight is 240 g/mol. The van der Waals surface area contributed by atoms with Crippen LogP contribution >= 0.6 is 11.3 Å². The molecule has 0 radical (unpaired) electrons. The van der Waals surface area contributed by atoms with Gasteiger partial charge in [-0.15, -0.1) is 11.3 Å². The van der Waals surface area contributed by atoms with Crippen LogP contribution in [0.15, 0.2) is 0 Å². The van der Waals surface area contributed by atoms with Gasteiger partial charge in [0.1, 0.15) is 0 Å². The monoisotopic (exact) mass is 240 g/mol. The van der Waals surface area contributed by atoms with Crippen molar-refractivity contribution in [3.05, 3.63) is 10.6 Å². The molecule has 1 saturated carbocycles.